The monoisotopic (exact) mass is 320 g/mol. The number of rotatable bonds is 7. The molecule has 0 bridgehead atoms. The molecule has 1 aromatic rings. The van der Waals surface area contributed by atoms with Gasteiger partial charge in [0.15, 0.2) is 0 Å². The summed E-state index contributed by atoms with van der Waals surface area (Å²) in [6.07, 6.45) is 6.49. The number of aryl methyl sites for hydroxylation is 1. The van der Waals surface area contributed by atoms with Crippen LogP contribution in [-0.4, -0.2) is 23.6 Å². The molecule has 1 atom stereocenters. The molecule has 1 aromatic carbocycles. The Hall–Kier alpha value is -1.16. The van der Waals surface area contributed by atoms with Crippen LogP contribution >= 0.6 is 11.8 Å². The summed E-state index contributed by atoms with van der Waals surface area (Å²) in [5.41, 5.74) is 2.47. The second-order valence-corrected chi connectivity index (χ2v) is 7.40. The highest BCUT2D eigenvalue weighted by Crippen LogP contribution is 2.28. The molecule has 0 heterocycles. The zero-order chi connectivity index (χ0) is 15.8. The van der Waals surface area contributed by atoms with Gasteiger partial charge in [-0.05, 0) is 37.3 Å². The summed E-state index contributed by atoms with van der Waals surface area (Å²) >= 11 is 2.00. The molecule has 22 heavy (non-hydrogen) atoms. The molecule has 1 saturated carbocycles. The summed E-state index contributed by atoms with van der Waals surface area (Å²) < 4.78 is 0. The van der Waals surface area contributed by atoms with Crippen molar-refractivity contribution in [1.29, 1.82) is 0 Å². The van der Waals surface area contributed by atoms with Crippen molar-refractivity contribution in [2.75, 3.05) is 12.3 Å². The fraction of sp³-hybridized carbons (Fsp3) is 0.611. The predicted molar refractivity (Wildman–Crippen MR) is 95.5 cm³/mol. The largest absolute Gasteiger partial charge is 0.337 e. The average molecular weight is 321 g/mol. The molecule has 0 aliphatic heterocycles. The van der Waals surface area contributed by atoms with Crippen LogP contribution in [0.5, 0.6) is 0 Å². The van der Waals surface area contributed by atoms with Crippen LogP contribution in [0.3, 0.4) is 0 Å². The molecular weight excluding hydrogens is 292 g/mol. The van der Waals surface area contributed by atoms with E-state index >= 15 is 0 Å². The lowest BCUT2D eigenvalue weighted by Crippen LogP contribution is -2.38. The number of nitrogens with one attached hydrogen (secondary N) is 2. The summed E-state index contributed by atoms with van der Waals surface area (Å²) in [6, 6.07) is 8.42. The summed E-state index contributed by atoms with van der Waals surface area (Å²) in [5.74, 6) is 1.01. The Labute approximate surface area is 138 Å². The Morgan fingerprint density at radius 3 is 2.59 bits per heavy atom. The van der Waals surface area contributed by atoms with E-state index in [4.69, 9.17) is 0 Å². The second-order valence-electron chi connectivity index (χ2n) is 5.99. The third-order valence-electron chi connectivity index (χ3n) is 4.28. The molecule has 0 radical (unpaired) electrons. The third kappa shape index (κ3) is 5.56. The first-order valence-corrected chi connectivity index (χ1v) is 9.48. The maximum absolute atomic E-state index is 11.9. The third-order valence-corrected chi connectivity index (χ3v) is 5.66. The zero-order valence-electron chi connectivity index (χ0n) is 13.7. The van der Waals surface area contributed by atoms with E-state index in [0.29, 0.717) is 0 Å². The van der Waals surface area contributed by atoms with Crippen molar-refractivity contribution in [3.05, 3.63) is 35.4 Å². The highest BCUT2D eigenvalue weighted by Gasteiger charge is 2.15. The van der Waals surface area contributed by atoms with Gasteiger partial charge in [0.05, 0.1) is 6.04 Å². The topological polar surface area (TPSA) is 41.1 Å². The summed E-state index contributed by atoms with van der Waals surface area (Å²) in [4.78, 5) is 11.9. The van der Waals surface area contributed by atoms with Crippen molar-refractivity contribution < 1.29 is 4.79 Å². The van der Waals surface area contributed by atoms with Gasteiger partial charge in [-0.3, -0.25) is 0 Å². The van der Waals surface area contributed by atoms with Crippen LogP contribution in [0.25, 0.3) is 0 Å². The number of amides is 2. The number of hydrogen-bond acceptors (Lipinski definition) is 2. The van der Waals surface area contributed by atoms with Gasteiger partial charge in [-0.15, -0.1) is 0 Å². The van der Waals surface area contributed by atoms with Gasteiger partial charge < -0.3 is 10.6 Å². The molecular formula is C18H28N2OS. The quantitative estimate of drug-likeness (QED) is 0.736. The molecule has 3 nitrogen and oxygen atoms in total. The summed E-state index contributed by atoms with van der Waals surface area (Å²) in [6.45, 7) is 4.91. The fourth-order valence-electron chi connectivity index (χ4n) is 2.82. The maximum Gasteiger partial charge on any atom is 0.315 e. The van der Waals surface area contributed by atoms with Gasteiger partial charge in [0, 0.05) is 17.5 Å². The summed E-state index contributed by atoms with van der Waals surface area (Å²) in [5, 5.41) is 6.78. The van der Waals surface area contributed by atoms with Crippen molar-refractivity contribution >= 4 is 17.8 Å². The van der Waals surface area contributed by atoms with Gasteiger partial charge in [0.2, 0.25) is 0 Å². The first-order chi connectivity index (χ1) is 10.7. The number of urea groups is 1. The molecule has 0 spiro atoms. The predicted octanol–water partition coefficient (Wildman–Crippen LogP) is 4.29. The van der Waals surface area contributed by atoms with Crippen molar-refractivity contribution in [3.63, 3.8) is 0 Å². The van der Waals surface area contributed by atoms with Crippen molar-refractivity contribution in [3.8, 4) is 0 Å². The number of benzene rings is 1. The van der Waals surface area contributed by atoms with Crippen LogP contribution in [0, 0.1) is 0 Å². The molecule has 0 unspecified atom stereocenters. The molecule has 1 aliphatic carbocycles. The molecule has 122 valence electrons. The number of carbonyl (C=O) groups is 1. The van der Waals surface area contributed by atoms with E-state index in [-0.39, 0.29) is 12.1 Å². The molecule has 2 N–H and O–H groups in total. The fourth-order valence-corrected chi connectivity index (χ4v) is 4.04. The van der Waals surface area contributed by atoms with E-state index in [1.54, 1.807) is 0 Å². The molecule has 1 aliphatic rings. The van der Waals surface area contributed by atoms with Gasteiger partial charge in [-0.1, -0.05) is 44.0 Å². The molecule has 0 aromatic heterocycles. The highest BCUT2D eigenvalue weighted by molar-refractivity contribution is 7.99. The zero-order valence-corrected chi connectivity index (χ0v) is 14.5. The van der Waals surface area contributed by atoms with Crippen LogP contribution in [0.2, 0.25) is 0 Å². The molecule has 1 fully saturated rings. The van der Waals surface area contributed by atoms with E-state index in [2.05, 4.69) is 41.8 Å². The lowest BCUT2D eigenvalue weighted by Gasteiger charge is -2.16. The second kappa shape index (κ2) is 9.09. The normalized spacial score (nSPS) is 16.5. The first-order valence-electron chi connectivity index (χ1n) is 8.44. The van der Waals surface area contributed by atoms with Gasteiger partial charge >= 0.3 is 6.03 Å². The molecule has 2 amide bonds. The Morgan fingerprint density at radius 2 is 1.95 bits per heavy atom. The minimum Gasteiger partial charge on any atom is -0.337 e. The van der Waals surface area contributed by atoms with Crippen LogP contribution in [0.4, 0.5) is 4.79 Å². The van der Waals surface area contributed by atoms with Gasteiger partial charge in [0.1, 0.15) is 0 Å². The molecule has 0 saturated heterocycles. The molecule has 4 heteroatoms. The Balaban J connectivity index is 1.64. The number of thioether (sulfide) groups is 1. The first kappa shape index (κ1) is 17.2. The standard InChI is InChI=1S/C18H28N2OS/c1-3-15-8-10-16(11-9-15)14(2)20-18(21)19-12-13-22-17-6-4-5-7-17/h8-11,14,17H,3-7,12-13H2,1-2H3,(H2,19,20,21)/t14-/m1/s1. The van der Waals surface area contributed by atoms with Gasteiger partial charge in [-0.2, -0.15) is 11.8 Å². The highest BCUT2D eigenvalue weighted by atomic mass is 32.2. The van der Waals surface area contributed by atoms with Crippen LogP contribution in [0.15, 0.2) is 24.3 Å². The Kier molecular flexibility index (Phi) is 7.10. The minimum absolute atomic E-state index is 0.0355. The van der Waals surface area contributed by atoms with Crippen molar-refractivity contribution in [2.45, 2.75) is 57.2 Å². The van der Waals surface area contributed by atoms with E-state index in [1.807, 2.05) is 18.7 Å². The SMILES string of the molecule is CCc1ccc([C@@H](C)NC(=O)NCCSC2CCCC2)cc1. The number of carbonyl (C=O) groups excluding carboxylic acids is 1. The average Bonchev–Trinajstić information content (AvgIpc) is 3.05. The number of hydrogen-bond donors (Lipinski definition) is 2. The van der Waals surface area contributed by atoms with Crippen molar-refractivity contribution in [2.24, 2.45) is 0 Å². The van der Waals surface area contributed by atoms with Crippen LogP contribution < -0.4 is 10.6 Å². The van der Waals surface area contributed by atoms with Gasteiger partial charge in [0.25, 0.3) is 0 Å². The lowest BCUT2D eigenvalue weighted by molar-refractivity contribution is 0.238. The Morgan fingerprint density at radius 1 is 1.27 bits per heavy atom. The van der Waals surface area contributed by atoms with Gasteiger partial charge in [-0.25, -0.2) is 4.79 Å². The lowest BCUT2D eigenvalue weighted by atomic mass is 10.1. The van der Waals surface area contributed by atoms with E-state index in [1.165, 1.54) is 31.2 Å². The Bertz CT molecular complexity index is 455. The minimum atomic E-state index is -0.0703. The van der Waals surface area contributed by atoms with E-state index < -0.39 is 0 Å². The smallest absolute Gasteiger partial charge is 0.315 e. The van der Waals surface area contributed by atoms with E-state index in [9.17, 15) is 4.79 Å². The molecule has 2 rings (SSSR count). The summed E-state index contributed by atoms with van der Waals surface area (Å²) in [7, 11) is 0. The maximum atomic E-state index is 11.9. The van der Waals surface area contributed by atoms with Crippen LogP contribution in [0.1, 0.15) is 56.7 Å². The van der Waals surface area contributed by atoms with Crippen LogP contribution in [-0.2, 0) is 6.42 Å². The van der Waals surface area contributed by atoms with E-state index in [0.717, 1.165) is 29.5 Å². The van der Waals surface area contributed by atoms with Crippen molar-refractivity contribution in [1.82, 2.24) is 10.6 Å².